The molecular weight excluding hydrogens is 258 g/mol. The fourth-order valence-electron chi connectivity index (χ4n) is 2.02. The Morgan fingerprint density at radius 2 is 1.95 bits per heavy atom. The van der Waals surface area contributed by atoms with Gasteiger partial charge in [-0.15, -0.1) is 0 Å². The highest BCUT2D eigenvalue weighted by Crippen LogP contribution is 2.12. The zero-order chi connectivity index (χ0) is 15.1. The van der Waals surface area contributed by atoms with E-state index in [9.17, 15) is 9.59 Å². The number of carbonyl (C=O) groups excluding carboxylic acids is 1. The molecule has 1 aromatic heterocycles. The van der Waals surface area contributed by atoms with Crippen LogP contribution in [0.2, 0.25) is 0 Å². The van der Waals surface area contributed by atoms with Gasteiger partial charge in [-0.25, -0.2) is 4.79 Å². The molecule has 110 valence electrons. The molecule has 0 aliphatic heterocycles. The normalized spacial score (nSPS) is 13.3. The van der Waals surface area contributed by atoms with Gasteiger partial charge in [0.05, 0.1) is 12.5 Å². The van der Waals surface area contributed by atoms with Crippen LogP contribution in [0.25, 0.3) is 0 Å². The molecule has 0 saturated carbocycles. The molecule has 2 N–H and O–H groups in total. The molecular formula is C14H21N3O3. The number of urea groups is 1. The monoisotopic (exact) mass is 279 g/mol. The summed E-state index contributed by atoms with van der Waals surface area (Å²) in [4.78, 5) is 28.4. The van der Waals surface area contributed by atoms with E-state index in [0.29, 0.717) is 6.54 Å². The predicted octanol–water partition coefficient (Wildman–Crippen LogP) is 2.04. The lowest BCUT2D eigenvalue weighted by molar-refractivity contribution is -0.138. The van der Waals surface area contributed by atoms with Gasteiger partial charge in [0.1, 0.15) is 0 Å². The van der Waals surface area contributed by atoms with Crippen molar-refractivity contribution in [2.45, 2.75) is 39.3 Å². The molecule has 1 heterocycles. The van der Waals surface area contributed by atoms with Crippen molar-refractivity contribution in [1.82, 2.24) is 15.2 Å². The Kier molecular flexibility index (Phi) is 5.96. The van der Waals surface area contributed by atoms with Crippen molar-refractivity contribution in [3.63, 3.8) is 0 Å². The summed E-state index contributed by atoms with van der Waals surface area (Å²) in [5.74, 6) is -0.911. The first-order valence-electron chi connectivity index (χ1n) is 6.64. The maximum atomic E-state index is 12.2. The third-order valence-electron chi connectivity index (χ3n) is 3.15. The molecule has 20 heavy (non-hydrogen) atoms. The molecule has 2 unspecified atom stereocenters. The van der Waals surface area contributed by atoms with Crippen LogP contribution < -0.4 is 5.32 Å². The molecule has 0 bridgehead atoms. The van der Waals surface area contributed by atoms with Crippen LogP contribution in [0, 0.1) is 0 Å². The van der Waals surface area contributed by atoms with Crippen LogP contribution in [0.1, 0.15) is 38.8 Å². The number of rotatable bonds is 6. The molecule has 0 aliphatic rings. The number of hydrogen-bond donors (Lipinski definition) is 2. The maximum absolute atomic E-state index is 12.2. The standard InChI is InChI=1S/C14H21N3O3/c1-4-17(10(2)9-13(18)19)14(20)16-11(3)12-5-7-15-8-6-12/h5-8,10-11H,4,9H2,1-3H3,(H,16,20)(H,18,19). The number of aliphatic carboxylic acids is 1. The van der Waals surface area contributed by atoms with E-state index in [1.54, 1.807) is 19.3 Å². The summed E-state index contributed by atoms with van der Waals surface area (Å²) in [6, 6.07) is 2.91. The Morgan fingerprint density at radius 3 is 2.45 bits per heavy atom. The van der Waals surface area contributed by atoms with Crippen LogP contribution >= 0.6 is 0 Å². The summed E-state index contributed by atoms with van der Waals surface area (Å²) >= 11 is 0. The molecule has 1 aromatic rings. The third kappa shape index (κ3) is 4.53. The highest BCUT2D eigenvalue weighted by atomic mass is 16.4. The number of nitrogens with one attached hydrogen (secondary N) is 1. The van der Waals surface area contributed by atoms with Gasteiger partial charge in [-0.05, 0) is 38.5 Å². The second kappa shape index (κ2) is 7.47. The van der Waals surface area contributed by atoms with E-state index < -0.39 is 5.97 Å². The van der Waals surface area contributed by atoms with Crippen molar-refractivity contribution >= 4 is 12.0 Å². The largest absolute Gasteiger partial charge is 0.481 e. The van der Waals surface area contributed by atoms with Gasteiger partial charge < -0.3 is 15.3 Å². The fourth-order valence-corrected chi connectivity index (χ4v) is 2.02. The van der Waals surface area contributed by atoms with E-state index >= 15 is 0 Å². The van der Waals surface area contributed by atoms with Gasteiger partial charge in [0.25, 0.3) is 0 Å². The summed E-state index contributed by atoms with van der Waals surface area (Å²) in [7, 11) is 0. The molecule has 6 nitrogen and oxygen atoms in total. The van der Waals surface area contributed by atoms with E-state index in [0.717, 1.165) is 5.56 Å². The summed E-state index contributed by atoms with van der Waals surface area (Å²) in [6.45, 7) is 5.90. The Morgan fingerprint density at radius 1 is 1.35 bits per heavy atom. The first kappa shape index (κ1) is 15.9. The van der Waals surface area contributed by atoms with Crippen molar-refractivity contribution in [3.05, 3.63) is 30.1 Å². The highest BCUT2D eigenvalue weighted by Gasteiger charge is 2.22. The molecule has 6 heteroatoms. The van der Waals surface area contributed by atoms with Gasteiger partial charge in [0, 0.05) is 25.0 Å². The summed E-state index contributed by atoms with van der Waals surface area (Å²) in [5, 5.41) is 11.7. The van der Waals surface area contributed by atoms with E-state index in [1.807, 2.05) is 26.0 Å². The minimum absolute atomic E-state index is 0.0646. The quantitative estimate of drug-likeness (QED) is 0.834. The lowest BCUT2D eigenvalue weighted by Gasteiger charge is -2.28. The molecule has 1 rings (SSSR count). The van der Waals surface area contributed by atoms with Crippen molar-refractivity contribution in [2.24, 2.45) is 0 Å². The van der Waals surface area contributed by atoms with Crippen molar-refractivity contribution < 1.29 is 14.7 Å². The maximum Gasteiger partial charge on any atom is 0.318 e. The molecule has 0 saturated heterocycles. The van der Waals surface area contributed by atoms with Gasteiger partial charge in [-0.3, -0.25) is 9.78 Å². The van der Waals surface area contributed by atoms with Crippen molar-refractivity contribution in [2.75, 3.05) is 6.54 Å². The number of hydrogen-bond acceptors (Lipinski definition) is 3. The van der Waals surface area contributed by atoms with Gasteiger partial charge in [0.15, 0.2) is 0 Å². The molecule has 2 atom stereocenters. The van der Waals surface area contributed by atoms with Crippen LogP contribution in [-0.2, 0) is 4.79 Å². The predicted molar refractivity (Wildman–Crippen MR) is 75.3 cm³/mol. The topological polar surface area (TPSA) is 82.5 Å². The van der Waals surface area contributed by atoms with Gasteiger partial charge in [-0.1, -0.05) is 0 Å². The minimum atomic E-state index is -0.911. The van der Waals surface area contributed by atoms with Crippen LogP contribution in [0.3, 0.4) is 0 Å². The Bertz CT molecular complexity index is 450. The number of pyridine rings is 1. The van der Waals surface area contributed by atoms with E-state index in [4.69, 9.17) is 5.11 Å². The second-order valence-electron chi connectivity index (χ2n) is 4.68. The molecule has 2 amide bonds. The first-order chi connectivity index (χ1) is 9.45. The smallest absolute Gasteiger partial charge is 0.318 e. The van der Waals surface area contributed by atoms with E-state index in [-0.39, 0.29) is 24.5 Å². The molecule has 0 spiro atoms. The van der Waals surface area contributed by atoms with Crippen LogP contribution in [0.5, 0.6) is 0 Å². The Hall–Kier alpha value is -2.11. The average molecular weight is 279 g/mol. The molecule has 0 aliphatic carbocycles. The third-order valence-corrected chi connectivity index (χ3v) is 3.15. The number of carbonyl (C=O) groups is 2. The first-order valence-corrected chi connectivity index (χ1v) is 6.64. The van der Waals surface area contributed by atoms with Crippen LogP contribution in [0.4, 0.5) is 4.79 Å². The second-order valence-corrected chi connectivity index (χ2v) is 4.68. The fraction of sp³-hybridized carbons (Fsp3) is 0.500. The van der Waals surface area contributed by atoms with Gasteiger partial charge in [-0.2, -0.15) is 0 Å². The number of carboxylic acids is 1. The molecule has 0 aromatic carbocycles. The van der Waals surface area contributed by atoms with Crippen LogP contribution in [-0.4, -0.2) is 39.6 Å². The zero-order valence-corrected chi connectivity index (χ0v) is 12.0. The van der Waals surface area contributed by atoms with Gasteiger partial charge in [0.2, 0.25) is 0 Å². The lowest BCUT2D eigenvalue weighted by Crippen LogP contribution is -2.46. The summed E-state index contributed by atoms with van der Waals surface area (Å²) in [5.41, 5.74) is 0.954. The number of carboxylic acid groups (broad SMARTS) is 1. The number of aromatic nitrogens is 1. The Labute approximate surface area is 118 Å². The van der Waals surface area contributed by atoms with Crippen molar-refractivity contribution in [1.29, 1.82) is 0 Å². The minimum Gasteiger partial charge on any atom is -0.481 e. The van der Waals surface area contributed by atoms with Crippen molar-refractivity contribution in [3.8, 4) is 0 Å². The Balaban J connectivity index is 2.65. The number of amides is 2. The molecule has 0 radical (unpaired) electrons. The van der Waals surface area contributed by atoms with E-state index in [2.05, 4.69) is 10.3 Å². The SMILES string of the molecule is CCN(C(=O)NC(C)c1ccncc1)C(C)CC(=O)O. The lowest BCUT2D eigenvalue weighted by atomic mass is 10.1. The zero-order valence-electron chi connectivity index (χ0n) is 12.0. The average Bonchev–Trinajstić information content (AvgIpc) is 2.39. The summed E-state index contributed by atoms with van der Waals surface area (Å²) in [6.07, 6.45) is 3.27. The van der Waals surface area contributed by atoms with Gasteiger partial charge >= 0.3 is 12.0 Å². The molecule has 0 fully saturated rings. The number of nitrogens with zero attached hydrogens (tertiary/aromatic N) is 2. The van der Waals surface area contributed by atoms with Crippen LogP contribution in [0.15, 0.2) is 24.5 Å². The van der Waals surface area contributed by atoms with E-state index in [1.165, 1.54) is 4.90 Å². The summed E-state index contributed by atoms with van der Waals surface area (Å²) < 4.78 is 0. The highest BCUT2D eigenvalue weighted by molar-refractivity contribution is 5.76.